The fraction of sp³-hybridized carbons (Fsp3) is 0.267. The van der Waals surface area contributed by atoms with Gasteiger partial charge in [0.1, 0.15) is 5.75 Å². The summed E-state index contributed by atoms with van der Waals surface area (Å²) in [6, 6.07) is 7.25. The molecule has 0 amide bonds. The number of ether oxygens (including phenoxy) is 1. The van der Waals surface area contributed by atoms with E-state index in [1.807, 2.05) is 26.0 Å². The molecule has 0 atom stereocenters. The molecular formula is C15H16BrFN2O. The van der Waals surface area contributed by atoms with E-state index in [0.29, 0.717) is 17.9 Å². The van der Waals surface area contributed by atoms with E-state index < -0.39 is 5.82 Å². The summed E-state index contributed by atoms with van der Waals surface area (Å²) in [5, 5.41) is 3.08. The molecule has 1 aromatic carbocycles. The Hall–Kier alpha value is -1.46. The van der Waals surface area contributed by atoms with Crippen molar-refractivity contribution in [2.45, 2.75) is 20.4 Å². The van der Waals surface area contributed by atoms with Gasteiger partial charge in [-0.05, 0) is 53.2 Å². The summed E-state index contributed by atoms with van der Waals surface area (Å²) in [5.41, 5.74) is 1.64. The Morgan fingerprint density at radius 2 is 2.15 bits per heavy atom. The van der Waals surface area contributed by atoms with Gasteiger partial charge in [0, 0.05) is 18.3 Å². The zero-order chi connectivity index (χ0) is 14.5. The minimum atomic E-state index is -0.430. The summed E-state index contributed by atoms with van der Waals surface area (Å²) in [5.74, 6) is 0.105. The molecule has 0 radical (unpaired) electrons. The monoisotopic (exact) mass is 338 g/mol. The van der Waals surface area contributed by atoms with Crippen molar-refractivity contribution in [1.29, 1.82) is 0 Å². The maximum absolute atomic E-state index is 14.2. The molecule has 0 aliphatic rings. The zero-order valence-corrected chi connectivity index (χ0v) is 13.0. The van der Waals surface area contributed by atoms with Crippen molar-refractivity contribution < 1.29 is 9.13 Å². The lowest BCUT2D eigenvalue weighted by Gasteiger charge is -2.10. The third-order valence-corrected chi connectivity index (χ3v) is 3.42. The van der Waals surface area contributed by atoms with Crippen molar-refractivity contribution in [3.05, 3.63) is 51.9 Å². The van der Waals surface area contributed by atoms with Crippen LogP contribution in [0.3, 0.4) is 0 Å². The summed E-state index contributed by atoms with van der Waals surface area (Å²) in [6.45, 7) is 5.18. The number of benzene rings is 1. The third kappa shape index (κ3) is 3.55. The number of pyridine rings is 1. The molecular weight excluding hydrogens is 323 g/mol. The first-order valence-corrected chi connectivity index (χ1v) is 7.19. The highest BCUT2D eigenvalue weighted by Crippen LogP contribution is 2.31. The molecule has 0 aliphatic carbocycles. The van der Waals surface area contributed by atoms with Crippen LogP contribution in [0.5, 0.6) is 11.6 Å². The second kappa shape index (κ2) is 6.81. The van der Waals surface area contributed by atoms with Crippen LogP contribution >= 0.6 is 15.9 Å². The van der Waals surface area contributed by atoms with Crippen LogP contribution in [-0.2, 0) is 6.54 Å². The standard InChI is InChI=1S/C15H16BrFN2O/c1-3-18-9-11-6-7-19-15(14(11)17)20-13-5-4-10(2)8-12(13)16/h4-8,18H,3,9H2,1-2H3. The molecule has 0 unspecified atom stereocenters. The molecule has 20 heavy (non-hydrogen) atoms. The second-order valence-electron chi connectivity index (χ2n) is 4.41. The first kappa shape index (κ1) is 14.9. The van der Waals surface area contributed by atoms with Crippen molar-refractivity contribution in [3.8, 4) is 11.6 Å². The van der Waals surface area contributed by atoms with Crippen LogP contribution in [0.1, 0.15) is 18.1 Å². The first-order chi connectivity index (χ1) is 9.61. The number of rotatable bonds is 5. The maximum atomic E-state index is 14.2. The highest BCUT2D eigenvalue weighted by Gasteiger charge is 2.12. The van der Waals surface area contributed by atoms with Crippen molar-refractivity contribution in [2.75, 3.05) is 6.54 Å². The molecule has 1 N–H and O–H groups in total. The summed E-state index contributed by atoms with van der Waals surface area (Å²) >= 11 is 3.40. The van der Waals surface area contributed by atoms with Gasteiger partial charge < -0.3 is 10.1 Å². The van der Waals surface area contributed by atoms with Crippen LogP contribution in [-0.4, -0.2) is 11.5 Å². The summed E-state index contributed by atoms with van der Waals surface area (Å²) < 4.78 is 20.6. The quantitative estimate of drug-likeness (QED) is 0.887. The molecule has 2 aromatic rings. The van der Waals surface area contributed by atoms with Gasteiger partial charge in [-0.2, -0.15) is 0 Å². The number of halogens is 2. The van der Waals surface area contributed by atoms with E-state index in [2.05, 4.69) is 26.2 Å². The lowest BCUT2D eigenvalue weighted by Crippen LogP contribution is -2.13. The average molecular weight is 339 g/mol. The van der Waals surface area contributed by atoms with Gasteiger partial charge in [0.2, 0.25) is 0 Å². The van der Waals surface area contributed by atoms with Crippen LogP contribution in [0.25, 0.3) is 0 Å². The maximum Gasteiger partial charge on any atom is 0.256 e. The molecule has 0 bridgehead atoms. The Balaban J connectivity index is 2.24. The largest absolute Gasteiger partial charge is 0.435 e. The number of aryl methyl sites for hydroxylation is 1. The van der Waals surface area contributed by atoms with E-state index in [4.69, 9.17) is 4.74 Å². The third-order valence-electron chi connectivity index (χ3n) is 2.80. The molecule has 106 valence electrons. The van der Waals surface area contributed by atoms with Gasteiger partial charge in [0.05, 0.1) is 4.47 Å². The smallest absolute Gasteiger partial charge is 0.256 e. The fourth-order valence-corrected chi connectivity index (χ4v) is 2.30. The molecule has 0 aliphatic heterocycles. The number of hydrogen-bond donors (Lipinski definition) is 1. The minimum Gasteiger partial charge on any atom is -0.435 e. The predicted molar refractivity (Wildman–Crippen MR) is 80.5 cm³/mol. The first-order valence-electron chi connectivity index (χ1n) is 6.40. The van der Waals surface area contributed by atoms with E-state index >= 15 is 0 Å². The number of nitrogens with zero attached hydrogens (tertiary/aromatic N) is 1. The number of nitrogens with one attached hydrogen (secondary N) is 1. The Labute approximate surface area is 126 Å². The lowest BCUT2D eigenvalue weighted by atomic mass is 10.2. The Morgan fingerprint density at radius 3 is 2.85 bits per heavy atom. The van der Waals surface area contributed by atoms with E-state index in [0.717, 1.165) is 16.6 Å². The number of hydrogen-bond acceptors (Lipinski definition) is 3. The highest BCUT2D eigenvalue weighted by molar-refractivity contribution is 9.10. The van der Waals surface area contributed by atoms with Crippen molar-refractivity contribution >= 4 is 15.9 Å². The van der Waals surface area contributed by atoms with Gasteiger partial charge in [-0.25, -0.2) is 9.37 Å². The Kier molecular flexibility index (Phi) is 5.09. The Bertz CT molecular complexity index is 604. The Morgan fingerprint density at radius 1 is 1.35 bits per heavy atom. The van der Waals surface area contributed by atoms with Crippen LogP contribution in [0.2, 0.25) is 0 Å². The molecule has 5 heteroatoms. The van der Waals surface area contributed by atoms with Gasteiger partial charge in [-0.15, -0.1) is 0 Å². The summed E-state index contributed by atoms with van der Waals surface area (Å²) in [7, 11) is 0. The number of aromatic nitrogens is 1. The molecule has 1 heterocycles. The lowest BCUT2D eigenvalue weighted by molar-refractivity contribution is 0.415. The molecule has 3 nitrogen and oxygen atoms in total. The topological polar surface area (TPSA) is 34.2 Å². The van der Waals surface area contributed by atoms with E-state index in [-0.39, 0.29) is 5.88 Å². The van der Waals surface area contributed by atoms with Gasteiger partial charge >= 0.3 is 0 Å². The fourth-order valence-electron chi connectivity index (χ4n) is 1.72. The zero-order valence-electron chi connectivity index (χ0n) is 11.4. The van der Waals surface area contributed by atoms with Crippen LogP contribution in [0.15, 0.2) is 34.9 Å². The molecule has 1 aromatic heterocycles. The van der Waals surface area contributed by atoms with Crippen molar-refractivity contribution in [2.24, 2.45) is 0 Å². The molecule has 0 saturated carbocycles. The summed E-state index contributed by atoms with van der Waals surface area (Å²) in [4.78, 5) is 3.96. The molecule has 0 fully saturated rings. The highest BCUT2D eigenvalue weighted by atomic mass is 79.9. The van der Waals surface area contributed by atoms with Crippen molar-refractivity contribution in [1.82, 2.24) is 10.3 Å². The summed E-state index contributed by atoms with van der Waals surface area (Å²) in [6.07, 6.45) is 1.55. The van der Waals surface area contributed by atoms with Gasteiger partial charge in [0.25, 0.3) is 5.88 Å². The van der Waals surface area contributed by atoms with Crippen molar-refractivity contribution in [3.63, 3.8) is 0 Å². The van der Waals surface area contributed by atoms with Gasteiger partial charge in [0.15, 0.2) is 5.82 Å². The van der Waals surface area contributed by atoms with Gasteiger partial charge in [-0.1, -0.05) is 13.0 Å². The second-order valence-corrected chi connectivity index (χ2v) is 5.26. The minimum absolute atomic E-state index is 0.00930. The van der Waals surface area contributed by atoms with Gasteiger partial charge in [-0.3, -0.25) is 0 Å². The van der Waals surface area contributed by atoms with Crippen LogP contribution in [0, 0.1) is 12.7 Å². The normalized spacial score (nSPS) is 10.6. The predicted octanol–water partition coefficient (Wildman–Crippen LogP) is 4.19. The molecule has 0 spiro atoms. The average Bonchev–Trinajstić information content (AvgIpc) is 2.42. The SMILES string of the molecule is CCNCc1ccnc(Oc2ccc(C)cc2Br)c1F. The van der Waals surface area contributed by atoms with Crippen LogP contribution in [0.4, 0.5) is 4.39 Å². The van der Waals surface area contributed by atoms with Crippen LogP contribution < -0.4 is 10.1 Å². The van der Waals surface area contributed by atoms with E-state index in [9.17, 15) is 4.39 Å². The molecule has 0 saturated heterocycles. The molecule has 2 rings (SSSR count). The van der Waals surface area contributed by atoms with E-state index in [1.54, 1.807) is 18.3 Å². The van der Waals surface area contributed by atoms with E-state index in [1.165, 1.54) is 0 Å².